The molecular weight excluding hydrogens is 250 g/mol. The molecule has 0 saturated carbocycles. The topological polar surface area (TPSA) is 29.1 Å². The van der Waals surface area contributed by atoms with Crippen LogP contribution in [0.3, 0.4) is 0 Å². The first kappa shape index (κ1) is 12.2. The summed E-state index contributed by atoms with van der Waals surface area (Å²) in [6, 6.07) is 7.81. The number of nitrogens with one attached hydrogen (secondary N) is 1. The number of benzene rings is 1. The number of anilines is 1. The van der Waals surface area contributed by atoms with Crippen molar-refractivity contribution < 1.29 is 4.79 Å². The van der Waals surface area contributed by atoms with Crippen molar-refractivity contribution in [2.45, 2.75) is 18.7 Å². The van der Waals surface area contributed by atoms with Crippen LogP contribution in [0.25, 0.3) is 0 Å². The Bertz CT molecular complexity index is 540. The highest BCUT2D eigenvalue weighted by atomic mass is 32.1. The van der Waals surface area contributed by atoms with Crippen molar-refractivity contribution in [1.29, 1.82) is 0 Å². The highest BCUT2D eigenvalue weighted by Gasteiger charge is 2.11. The fourth-order valence-corrected chi connectivity index (χ4v) is 2.83. The lowest BCUT2D eigenvalue weighted by Crippen LogP contribution is -2.11. The predicted octanol–water partition coefficient (Wildman–Crippen LogP) is 3.91. The van der Waals surface area contributed by atoms with Gasteiger partial charge in [0.05, 0.1) is 0 Å². The number of rotatable bonds is 2. The minimum absolute atomic E-state index is 0.102. The largest absolute Gasteiger partial charge is 0.321 e. The number of hydrogen-bond donors (Lipinski definition) is 2. The molecule has 1 aromatic carbocycles. The molecule has 0 radical (unpaired) electrons. The fourth-order valence-electron chi connectivity index (χ4n) is 1.71. The van der Waals surface area contributed by atoms with E-state index in [0.717, 1.165) is 21.7 Å². The molecule has 1 N–H and O–H groups in total. The molecule has 88 valence electrons. The van der Waals surface area contributed by atoms with Gasteiger partial charge in [0.2, 0.25) is 0 Å². The van der Waals surface area contributed by atoms with E-state index in [1.54, 1.807) is 0 Å². The first-order chi connectivity index (χ1) is 8.06. The zero-order valence-corrected chi connectivity index (χ0v) is 11.4. The number of amides is 1. The fraction of sp³-hybridized carbons (Fsp3) is 0.154. The van der Waals surface area contributed by atoms with Gasteiger partial charge in [-0.05, 0) is 48.6 Å². The Morgan fingerprint density at radius 3 is 2.41 bits per heavy atom. The van der Waals surface area contributed by atoms with Gasteiger partial charge < -0.3 is 5.32 Å². The zero-order chi connectivity index (χ0) is 12.4. The Morgan fingerprint density at radius 1 is 1.24 bits per heavy atom. The number of thiophene rings is 1. The summed E-state index contributed by atoms with van der Waals surface area (Å²) < 4.78 is 0. The molecule has 0 spiro atoms. The molecule has 2 rings (SSSR count). The molecule has 17 heavy (non-hydrogen) atoms. The molecule has 0 aliphatic carbocycles. The Morgan fingerprint density at radius 2 is 1.88 bits per heavy atom. The molecule has 1 amide bonds. The minimum Gasteiger partial charge on any atom is -0.321 e. The Kier molecular flexibility index (Phi) is 3.54. The highest BCUT2D eigenvalue weighted by molar-refractivity contribution is 7.80. The summed E-state index contributed by atoms with van der Waals surface area (Å²) in [5.41, 5.74) is 3.10. The van der Waals surface area contributed by atoms with Gasteiger partial charge in [-0.25, -0.2) is 0 Å². The molecule has 0 saturated heterocycles. The van der Waals surface area contributed by atoms with Gasteiger partial charge in [-0.1, -0.05) is 6.07 Å². The van der Waals surface area contributed by atoms with Crippen LogP contribution in [-0.2, 0) is 0 Å². The first-order valence-corrected chi connectivity index (χ1v) is 6.55. The van der Waals surface area contributed by atoms with Crippen molar-refractivity contribution in [3.05, 3.63) is 45.6 Å². The van der Waals surface area contributed by atoms with Crippen molar-refractivity contribution in [3.8, 4) is 0 Å². The molecule has 4 heteroatoms. The van der Waals surface area contributed by atoms with Crippen molar-refractivity contribution in [3.63, 3.8) is 0 Å². The average Bonchev–Trinajstić information content (AvgIpc) is 2.62. The maximum Gasteiger partial charge on any atom is 0.266 e. The number of carbonyl (C=O) groups is 1. The average molecular weight is 263 g/mol. The predicted molar refractivity (Wildman–Crippen MR) is 75.4 cm³/mol. The number of carbonyl (C=O) groups excluding carboxylic acids is 1. The van der Waals surface area contributed by atoms with Crippen molar-refractivity contribution >= 4 is 35.6 Å². The second kappa shape index (κ2) is 4.94. The Balaban J connectivity index is 2.21. The van der Waals surface area contributed by atoms with Gasteiger partial charge in [-0.2, -0.15) is 0 Å². The van der Waals surface area contributed by atoms with Gasteiger partial charge >= 0.3 is 0 Å². The minimum atomic E-state index is -0.102. The lowest BCUT2D eigenvalue weighted by Gasteiger charge is -2.06. The number of thiol groups is 1. The molecule has 0 atom stereocenters. The van der Waals surface area contributed by atoms with Gasteiger partial charge in [0.1, 0.15) is 4.88 Å². The van der Waals surface area contributed by atoms with Crippen LogP contribution in [0.15, 0.2) is 34.5 Å². The zero-order valence-electron chi connectivity index (χ0n) is 9.65. The smallest absolute Gasteiger partial charge is 0.266 e. The SMILES string of the molecule is Cc1cc(C)cc(NC(=O)c2sccc2S)c1. The molecule has 2 nitrogen and oxygen atoms in total. The van der Waals surface area contributed by atoms with E-state index in [1.165, 1.54) is 11.3 Å². The third kappa shape index (κ3) is 2.90. The third-order valence-corrected chi connectivity index (χ3v) is 3.77. The summed E-state index contributed by atoms with van der Waals surface area (Å²) >= 11 is 5.64. The standard InChI is InChI=1S/C13H13NOS2/c1-8-5-9(2)7-10(6-8)14-13(15)12-11(16)3-4-17-12/h3-7,16H,1-2H3,(H,14,15). The number of hydrogen-bond acceptors (Lipinski definition) is 3. The van der Waals surface area contributed by atoms with E-state index in [0.29, 0.717) is 4.88 Å². The van der Waals surface area contributed by atoms with Crippen LogP contribution >= 0.6 is 24.0 Å². The van der Waals surface area contributed by atoms with Crippen molar-refractivity contribution in [2.75, 3.05) is 5.32 Å². The summed E-state index contributed by atoms with van der Waals surface area (Å²) in [5, 5.41) is 4.75. The van der Waals surface area contributed by atoms with Crippen LogP contribution in [-0.4, -0.2) is 5.91 Å². The van der Waals surface area contributed by atoms with Gasteiger partial charge in [-0.3, -0.25) is 4.79 Å². The van der Waals surface area contributed by atoms with Crippen molar-refractivity contribution in [1.82, 2.24) is 0 Å². The van der Waals surface area contributed by atoms with Gasteiger partial charge in [0, 0.05) is 10.6 Å². The van der Waals surface area contributed by atoms with Crippen LogP contribution in [0, 0.1) is 13.8 Å². The van der Waals surface area contributed by atoms with E-state index in [4.69, 9.17) is 0 Å². The first-order valence-electron chi connectivity index (χ1n) is 5.22. The van der Waals surface area contributed by atoms with E-state index in [1.807, 2.05) is 37.4 Å². The van der Waals surface area contributed by atoms with E-state index >= 15 is 0 Å². The third-order valence-electron chi connectivity index (χ3n) is 2.33. The second-order valence-corrected chi connectivity index (χ2v) is 5.36. The molecule has 0 unspecified atom stereocenters. The van der Waals surface area contributed by atoms with Gasteiger partial charge in [0.15, 0.2) is 0 Å². The van der Waals surface area contributed by atoms with E-state index in [2.05, 4.69) is 24.0 Å². The van der Waals surface area contributed by atoms with Crippen LogP contribution in [0.2, 0.25) is 0 Å². The molecule has 0 aliphatic rings. The van der Waals surface area contributed by atoms with Crippen LogP contribution in [0.4, 0.5) is 5.69 Å². The monoisotopic (exact) mass is 263 g/mol. The highest BCUT2D eigenvalue weighted by Crippen LogP contribution is 2.22. The van der Waals surface area contributed by atoms with E-state index < -0.39 is 0 Å². The Hall–Kier alpha value is -1.26. The molecule has 2 aromatic rings. The van der Waals surface area contributed by atoms with Crippen LogP contribution in [0.1, 0.15) is 20.8 Å². The van der Waals surface area contributed by atoms with Crippen molar-refractivity contribution in [2.24, 2.45) is 0 Å². The van der Waals surface area contributed by atoms with Gasteiger partial charge in [0.25, 0.3) is 5.91 Å². The van der Waals surface area contributed by atoms with Gasteiger partial charge in [-0.15, -0.1) is 24.0 Å². The van der Waals surface area contributed by atoms with E-state index in [-0.39, 0.29) is 5.91 Å². The molecule has 0 bridgehead atoms. The summed E-state index contributed by atoms with van der Waals surface area (Å²) in [5.74, 6) is -0.102. The molecule has 0 aliphatic heterocycles. The van der Waals surface area contributed by atoms with Crippen LogP contribution in [0.5, 0.6) is 0 Å². The summed E-state index contributed by atoms with van der Waals surface area (Å²) in [4.78, 5) is 13.3. The quantitative estimate of drug-likeness (QED) is 0.790. The maximum atomic E-state index is 12.0. The maximum absolute atomic E-state index is 12.0. The lowest BCUT2D eigenvalue weighted by molar-refractivity contribution is 0.102. The molecule has 0 fully saturated rings. The summed E-state index contributed by atoms with van der Waals surface area (Å²) in [6.45, 7) is 4.02. The molecular formula is C13H13NOS2. The van der Waals surface area contributed by atoms with E-state index in [9.17, 15) is 4.79 Å². The Labute approximate surface area is 110 Å². The number of aryl methyl sites for hydroxylation is 2. The lowest BCUT2D eigenvalue weighted by atomic mass is 10.1. The molecule has 1 heterocycles. The normalized spacial score (nSPS) is 10.3. The second-order valence-electron chi connectivity index (χ2n) is 3.97. The summed E-state index contributed by atoms with van der Waals surface area (Å²) in [6.07, 6.45) is 0. The van der Waals surface area contributed by atoms with Crippen LogP contribution < -0.4 is 5.32 Å². The summed E-state index contributed by atoms with van der Waals surface area (Å²) in [7, 11) is 0. The molecule has 1 aromatic heterocycles.